The Morgan fingerprint density at radius 1 is 1.04 bits per heavy atom. The molecule has 2 aromatic carbocycles. The predicted molar refractivity (Wildman–Crippen MR) is 107 cm³/mol. The van der Waals surface area contributed by atoms with Gasteiger partial charge in [0.05, 0.1) is 19.1 Å². The molecule has 0 radical (unpaired) electrons. The van der Waals surface area contributed by atoms with Crippen LogP contribution in [0.1, 0.15) is 35.7 Å². The van der Waals surface area contributed by atoms with Crippen LogP contribution >= 0.6 is 0 Å². The summed E-state index contributed by atoms with van der Waals surface area (Å²) in [6.45, 7) is 3.91. The number of carbonyl (C=O) groups excluding carboxylic acids is 2. The Morgan fingerprint density at radius 3 is 2.50 bits per heavy atom. The topological polar surface area (TPSA) is 55.8 Å². The number of hydrogen-bond acceptors (Lipinski definition) is 4. The molecule has 148 valence electrons. The molecule has 1 heterocycles. The van der Waals surface area contributed by atoms with Gasteiger partial charge in [0, 0.05) is 25.1 Å². The molecule has 0 aliphatic carbocycles. The van der Waals surface area contributed by atoms with Crippen LogP contribution in [0.25, 0.3) is 0 Å². The molecule has 1 saturated heterocycles. The molecule has 0 saturated carbocycles. The lowest BCUT2D eigenvalue weighted by molar-refractivity contribution is -0.149. The van der Waals surface area contributed by atoms with Crippen LogP contribution < -0.4 is 4.74 Å². The molecule has 1 amide bonds. The third-order valence-electron chi connectivity index (χ3n) is 4.99. The molecule has 28 heavy (non-hydrogen) atoms. The summed E-state index contributed by atoms with van der Waals surface area (Å²) in [6, 6.07) is 17.5. The standard InChI is InChI=1S/C23H27NO4/c1-2-27-23(26)19-11-14-24(15-12-19)22(25)20-9-6-10-21(17-20)28-16-13-18-7-4-3-5-8-18/h3-10,17,19H,2,11-16H2,1H3. The molecule has 5 nitrogen and oxygen atoms in total. The average Bonchev–Trinajstić information content (AvgIpc) is 2.74. The third kappa shape index (κ3) is 5.35. The van der Waals surface area contributed by atoms with E-state index in [2.05, 4.69) is 12.1 Å². The van der Waals surface area contributed by atoms with Crippen molar-refractivity contribution in [1.29, 1.82) is 0 Å². The first-order chi connectivity index (χ1) is 13.7. The highest BCUT2D eigenvalue weighted by molar-refractivity contribution is 5.94. The first-order valence-corrected chi connectivity index (χ1v) is 9.90. The van der Waals surface area contributed by atoms with Crippen molar-refractivity contribution >= 4 is 11.9 Å². The second-order valence-electron chi connectivity index (χ2n) is 6.93. The van der Waals surface area contributed by atoms with Crippen molar-refractivity contribution in [3.05, 3.63) is 65.7 Å². The lowest BCUT2D eigenvalue weighted by Crippen LogP contribution is -2.40. The first kappa shape index (κ1) is 19.9. The summed E-state index contributed by atoms with van der Waals surface area (Å²) >= 11 is 0. The predicted octanol–water partition coefficient (Wildman–Crippen LogP) is 3.72. The van der Waals surface area contributed by atoms with Crippen LogP contribution in [-0.2, 0) is 16.0 Å². The van der Waals surface area contributed by atoms with E-state index in [1.54, 1.807) is 11.0 Å². The molecule has 3 rings (SSSR count). The number of likely N-dealkylation sites (tertiary alicyclic amines) is 1. The fourth-order valence-electron chi connectivity index (χ4n) is 3.41. The Kier molecular flexibility index (Phi) is 7.06. The molecule has 5 heteroatoms. The fraction of sp³-hybridized carbons (Fsp3) is 0.391. The van der Waals surface area contributed by atoms with Gasteiger partial charge in [-0.15, -0.1) is 0 Å². The van der Waals surface area contributed by atoms with E-state index in [-0.39, 0.29) is 17.8 Å². The zero-order valence-corrected chi connectivity index (χ0v) is 16.3. The van der Waals surface area contributed by atoms with E-state index in [9.17, 15) is 9.59 Å². The molecule has 0 N–H and O–H groups in total. The monoisotopic (exact) mass is 381 g/mol. The minimum absolute atomic E-state index is 0.0178. The highest BCUT2D eigenvalue weighted by Gasteiger charge is 2.28. The lowest BCUT2D eigenvalue weighted by Gasteiger charge is -2.31. The van der Waals surface area contributed by atoms with E-state index >= 15 is 0 Å². The number of ether oxygens (including phenoxy) is 2. The van der Waals surface area contributed by atoms with Crippen LogP contribution in [0.3, 0.4) is 0 Å². The Bertz CT molecular complexity index is 782. The van der Waals surface area contributed by atoms with Crippen LogP contribution in [0.5, 0.6) is 5.75 Å². The van der Waals surface area contributed by atoms with Gasteiger partial charge < -0.3 is 14.4 Å². The fourth-order valence-corrected chi connectivity index (χ4v) is 3.41. The normalized spacial score (nSPS) is 14.5. The van der Waals surface area contributed by atoms with Gasteiger partial charge in [0.15, 0.2) is 0 Å². The first-order valence-electron chi connectivity index (χ1n) is 9.90. The van der Waals surface area contributed by atoms with Gasteiger partial charge in [-0.05, 0) is 43.5 Å². The maximum atomic E-state index is 12.8. The van der Waals surface area contributed by atoms with Crippen LogP contribution in [0.4, 0.5) is 0 Å². The molecule has 0 bridgehead atoms. The number of rotatable bonds is 7. The lowest BCUT2D eigenvalue weighted by atomic mass is 9.96. The van der Waals surface area contributed by atoms with Gasteiger partial charge in [0.25, 0.3) is 5.91 Å². The Balaban J connectivity index is 1.52. The van der Waals surface area contributed by atoms with Gasteiger partial charge in [-0.25, -0.2) is 0 Å². The highest BCUT2D eigenvalue weighted by Crippen LogP contribution is 2.22. The number of amides is 1. The van der Waals surface area contributed by atoms with Crippen molar-refractivity contribution in [1.82, 2.24) is 4.90 Å². The van der Waals surface area contributed by atoms with Gasteiger partial charge in [-0.3, -0.25) is 9.59 Å². The third-order valence-corrected chi connectivity index (χ3v) is 4.99. The van der Waals surface area contributed by atoms with Crippen LogP contribution in [0.2, 0.25) is 0 Å². The number of benzene rings is 2. The quantitative estimate of drug-likeness (QED) is 0.686. The molecule has 0 aromatic heterocycles. The molecule has 1 fully saturated rings. The molecule has 1 aliphatic rings. The summed E-state index contributed by atoms with van der Waals surface area (Å²) < 4.78 is 10.9. The van der Waals surface area contributed by atoms with Crippen LogP contribution in [0.15, 0.2) is 54.6 Å². The number of hydrogen-bond donors (Lipinski definition) is 0. The molecule has 0 atom stereocenters. The number of nitrogens with zero attached hydrogens (tertiary/aromatic N) is 1. The highest BCUT2D eigenvalue weighted by atomic mass is 16.5. The zero-order chi connectivity index (χ0) is 19.8. The Labute approximate surface area is 166 Å². The van der Waals surface area contributed by atoms with Crippen molar-refractivity contribution < 1.29 is 19.1 Å². The Hall–Kier alpha value is -2.82. The van der Waals surface area contributed by atoms with Gasteiger partial charge >= 0.3 is 5.97 Å². The summed E-state index contributed by atoms with van der Waals surface area (Å²) in [5.74, 6) is 0.430. The molecule has 0 unspecified atom stereocenters. The Morgan fingerprint density at radius 2 is 1.79 bits per heavy atom. The van der Waals surface area contributed by atoms with Crippen LogP contribution in [-0.4, -0.2) is 43.1 Å². The van der Waals surface area contributed by atoms with E-state index < -0.39 is 0 Å². The van der Waals surface area contributed by atoms with E-state index in [0.29, 0.717) is 50.5 Å². The van der Waals surface area contributed by atoms with E-state index in [1.807, 2.05) is 43.3 Å². The number of esters is 1. The minimum Gasteiger partial charge on any atom is -0.493 e. The van der Waals surface area contributed by atoms with E-state index in [4.69, 9.17) is 9.47 Å². The van der Waals surface area contributed by atoms with Crippen LogP contribution in [0, 0.1) is 5.92 Å². The second-order valence-corrected chi connectivity index (χ2v) is 6.93. The molecular formula is C23H27NO4. The van der Waals surface area contributed by atoms with Gasteiger partial charge in [-0.1, -0.05) is 36.4 Å². The molecule has 1 aliphatic heterocycles. The molecule has 2 aromatic rings. The smallest absolute Gasteiger partial charge is 0.309 e. The zero-order valence-electron chi connectivity index (χ0n) is 16.3. The number of piperidine rings is 1. The van der Waals surface area contributed by atoms with Gasteiger partial charge in [-0.2, -0.15) is 0 Å². The second kappa shape index (κ2) is 9.93. The number of carbonyl (C=O) groups is 2. The SMILES string of the molecule is CCOC(=O)C1CCN(C(=O)c2cccc(OCCc3ccccc3)c2)CC1. The minimum atomic E-state index is -0.150. The summed E-state index contributed by atoms with van der Waals surface area (Å²) in [6.07, 6.45) is 2.12. The summed E-state index contributed by atoms with van der Waals surface area (Å²) in [4.78, 5) is 26.5. The van der Waals surface area contributed by atoms with E-state index in [1.165, 1.54) is 5.56 Å². The van der Waals surface area contributed by atoms with Crippen molar-refractivity contribution in [2.75, 3.05) is 26.3 Å². The van der Waals surface area contributed by atoms with Crippen molar-refractivity contribution in [2.45, 2.75) is 26.2 Å². The molecular weight excluding hydrogens is 354 g/mol. The van der Waals surface area contributed by atoms with E-state index in [0.717, 1.165) is 6.42 Å². The van der Waals surface area contributed by atoms with Gasteiger partial charge in [0.1, 0.15) is 5.75 Å². The molecule has 0 spiro atoms. The summed E-state index contributed by atoms with van der Waals surface area (Å²) in [7, 11) is 0. The average molecular weight is 381 g/mol. The van der Waals surface area contributed by atoms with Crippen molar-refractivity contribution in [2.24, 2.45) is 5.92 Å². The van der Waals surface area contributed by atoms with Crippen molar-refractivity contribution in [3.8, 4) is 5.75 Å². The summed E-state index contributed by atoms with van der Waals surface area (Å²) in [5, 5.41) is 0. The van der Waals surface area contributed by atoms with Crippen molar-refractivity contribution in [3.63, 3.8) is 0 Å². The summed E-state index contributed by atoms with van der Waals surface area (Å²) in [5.41, 5.74) is 1.84. The largest absolute Gasteiger partial charge is 0.493 e. The maximum absolute atomic E-state index is 12.8. The van der Waals surface area contributed by atoms with Gasteiger partial charge in [0.2, 0.25) is 0 Å². The maximum Gasteiger partial charge on any atom is 0.309 e.